The van der Waals surface area contributed by atoms with Gasteiger partial charge in [0.2, 0.25) is 0 Å². The van der Waals surface area contributed by atoms with E-state index in [0.717, 1.165) is 29.9 Å². The standard InChI is InChI=1S/C14H17N3O/c15-14-12(11-8-4-5-9-16-11)13(18-17-14)10-6-2-1-3-7-10/h4-5,8-10H,1-3,6-7H2,(H2,15,17). The lowest BCUT2D eigenvalue weighted by atomic mass is 9.85. The molecule has 0 spiro atoms. The smallest absolute Gasteiger partial charge is 0.176 e. The summed E-state index contributed by atoms with van der Waals surface area (Å²) in [5.74, 6) is 1.82. The second-order valence-electron chi connectivity index (χ2n) is 4.86. The topological polar surface area (TPSA) is 64.9 Å². The summed E-state index contributed by atoms with van der Waals surface area (Å²) in [6, 6.07) is 5.81. The third-order valence-electron chi connectivity index (χ3n) is 3.64. The Morgan fingerprint density at radius 3 is 2.72 bits per heavy atom. The maximum atomic E-state index is 5.94. The van der Waals surface area contributed by atoms with Crippen LogP contribution in [0.5, 0.6) is 0 Å². The molecule has 0 aliphatic heterocycles. The van der Waals surface area contributed by atoms with Crippen LogP contribution in [0.4, 0.5) is 5.82 Å². The molecule has 4 heteroatoms. The van der Waals surface area contributed by atoms with Gasteiger partial charge >= 0.3 is 0 Å². The van der Waals surface area contributed by atoms with E-state index < -0.39 is 0 Å². The Kier molecular flexibility index (Phi) is 3.00. The first-order valence-corrected chi connectivity index (χ1v) is 6.52. The largest absolute Gasteiger partial charge is 0.380 e. The maximum absolute atomic E-state index is 5.94. The molecule has 0 aromatic carbocycles. The maximum Gasteiger partial charge on any atom is 0.176 e. The molecule has 0 bridgehead atoms. The van der Waals surface area contributed by atoms with Crippen LogP contribution in [-0.4, -0.2) is 10.1 Å². The van der Waals surface area contributed by atoms with E-state index in [2.05, 4.69) is 10.1 Å². The van der Waals surface area contributed by atoms with Crippen molar-refractivity contribution in [2.75, 3.05) is 5.73 Å². The predicted molar refractivity (Wildman–Crippen MR) is 70.0 cm³/mol. The molecule has 1 saturated carbocycles. The van der Waals surface area contributed by atoms with Crippen LogP contribution < -0.4 is 5.73 Å². The monoisotopic (exact) mass is 243 g/mol. The molecule has 3 rings (SSSR count). The summed E-state index contributed by atoms with van der Waals surface area (Å²) in [6.45, 7) is 0. The fourth-order valence-corrected chi connectivity index (χ4v) is 2.73. The molecule has 0 saturated heterocycles. The summed E-state index contributed by atoms with van der Waals surface area (Å²) in [6.07, 6.45) is 7.92. The molecule has 4 nitrogen and oxygen atoms in total. The van der Waals surface area contributed by atoms with Crippen molar-refractivity contribution in [3.05, 3.63) is 30.2 Å². The van der Waals surface area contributed by atoms with E-state index in [0.29, 0.717) is 11.7 Å². The Morgan fingerprint density at radius 2 is 2.00 bits per heavy atom. The van der Waals surface area contributed by atoms with E-state index in [4.69, 9.17) is 10.3 Å². The van der Waals surface area contributed by atoms with Crippen molar-refractivity contribution in [2.45, 2.75) is 38.0 Å². The first kappa shape index (κ1) is 11.3. The summed E-state index contributed by atoms with van der Waals surface area (Å²) in [4.78, 5) is 4.36. The number of hydrogen-bond acceptors (Lipinski definition) is 4. The van der Waals surface area contributed by atoms with Gasteiger partial charge in [0, 0.05) is 12.1 Å². The molecule has 2 aromatic rings. The van der Waals surface area contributed by atoms with Gasteiger partial charge in [-0.2, -0.15) is 0 Å². The number of nitrogens with zero attached hydrogens (tertiary/aromatic N) is 2. The number of aromatic nitrogens is 2. The van der Waals surface area contributed by atoms with Crippen LogP contribution >= 0.6 is 0 Å². The van der Waals surface area contributed by atoms with Crippen LogP contribution in [0.25, 0.3) is 11.3 Å². The number of pyridine rings is 1. The molecule has 94 valence electrons. The molecular formula is C14H17N3O. The average molecular weight is 243 g/mol. The molecule has 2 aromatic heterocycles. The van der Waals surface area contributed by atoms with E-state index in [1.165, 1.54) is 19.3 Å². The van der Waals surface area contributed by atoms with Crippen molar-refractivity contribution in [1.29, 1.82) is 0 Å². The summed E-state index contributed by atoms with van der Waals surface area (Å²) < 4.78 is 5.47. The Labute approximate surface area is 106 Å². The van der Waals surface area contributed by atoms with Crippen molar-refractivity contribution in [3.63, 3.8) is 0 Å². The lowest BCUT2D eigenvalue weighted by Gasteiger charge is -2.19. The molecule has 0 radical (unpaired) electrons. The highest BCUT2D eigenvalue weighted by molar-refractivity contribution is 5.73. The van der Waals surface area contributed by atoms with Crippen LogP contribution in [0, 0.1) is 0 Å². The summed E-state index contributed by atoms with van der Waals surface area (Å²) in [5, 5.41) is 3.93. The van der Waals surface area contributed by atoms with E-state index >= 15 is 0 Å². The molecule has 0 amide bonds. The number of hydrogen-bond donors (Lipinski definition) is 1. The number of nitrogens with two attached hydrogens (primary N) is 1. The van der Waals surface area contributed by atoms with Gasteiger partial charge in [0.1, 0.15) is 0 Å². The van der Waals surface area contributed by atoms with Gasteiger partial charge in [0.25, 0.3) is 0 Å². The highest BCUT2D eigenvalue weighted by Crippen LogP contribution is 2.39. The first-order valence-electron chi connectivity index (χ1n) is 6.52. The van der Waals surface area contributed by atoms with E-state index in [1.807, 2.05) is 18.2 Å². The fourth-order valence-electron chi connectivity index (χ4n) is 2.73. The van der Waals surface area contributed by atoms with Gasteiger partial charge in [-0.3, -0.25) is 4.98 Å². The third-order valence-corrected chi connectivity index (χ3v) is 3.64. The summed E-state index contributed by atoms with van der Waals surface area (Å²) in [5.41, 5.74) is 7.68. The highest BCUT2D eigenvalue weighted by Gasteiger charge is 2.26. The van der Waals surface area contributed by atoms with Gasteiger partial charge in [-0.25, -0.2) is 0 Å². The quantitative estimate of drug-likeness (QED) is 0.878. The molecule has 18 heavy (non-hydrogen) atoms. The van der Waals surface area contributed by atoms with Crippen molar-refractivity contribution < 1.29 is 4.52 Å². The minimum atomic E-state index is 0.445. The molecule has 1 fully saturated rings. The lowest BCUT2D eigenvalue weighted by Crippen LogP contribution is -2.05. The van der Waals surface area contributed by atoms with Gasteiger partial charge in [-0.05, 0) is 25.0 Å². The van der Waals surface area contributed by atoms with Crippen LogP contribution in [0.3, 0.4) is 0 Å². The van der Waals surface area contributed by atoms with Crippen LogP contribution in [-0.2, 0) is 0 Å². The van der Waals surface area contributed by atoms with Crippen molar-refractivity contribution >= 4 is 5.82 Å². The molecule has 1 aliphatic rings. The van der Waals surface area contributed by atoms with Gasteiger partial charge < -0.3 is 10.3 Å². The zero-order valence-electron chi connectivity index (χ0n) is 10.3. The van der Waals surface area contributed by atoms with Crippen LogP contribution in [0.1, 0.15) is 43.8 Å². The highest BCUT2D eigenvalue weighted by atomic mass is 16.5. The summed E-state index contributed by atoms with van der Waals surface area (Å²) in [7, 11) is 0. The average Bonchev–Trinajstić information content (AvgIpc) is 2.83. The predicted octanol–water partition coefficient (Wildman–Crippen LogP) is 3.37. The lowest BCUT2D eigenvalue weighted by molar-refractivity contribution is 0.323. The van der Waals surface area contributed by atoms with Crippen molar-refractivity contribution in [3.8, 4) is 11.3 Å². The molecule has 2 heterocycles. The third kappa shape index (κ3) is 1.98. The summed E-state index contributed by atoms with van der Waals surface area (Å²) >= 11 is 0. The number of nitrogen functional groups attached to an aromatic ring is 1. The molecule has 2 N–H and O–H groups in total. The molecule has 0 atom stereocenters. The SMILES string of the molecule is Nc1noc(C2CCCCC2)c1-c1ccccn1. The Balaban J connectivity index is 2.01. The van der Waals surface area contributed by atoms with E-state index in [-0.39, 0.29) is 0 Å². The Bertz CT molecular complexity index is 515. The van der Waals surface area contributed by atoms with Gasteiger partial charge in [0.05, 0.1) is 11.3 Å². The number of rotatable bonds is 2. The number of anilines is 1. The Hall–Kier alpha value is -1.84. The second-order valence-corrected chi connectivity index (χ2v) is 4.86. The van der Waals surface area contributed by atoms with Gasteiger partial charge in [0.15, 0.2) is 11.6 Å². The fraction of sp³-hybridized carbons (Fsp3) is 0.429. The van der Waals surface area contributed by atoms with Gasteiger partial charge in [-0.15, -0.1) is 0 Å². The zero-order valence-corrected chi connectivity index (χ0v) is 10.3. The van der Waals surface area contributed by atoms with E-state index in [9.17, 15) is 0 Å². The van der Waals surface area contributed by atoms with Crippen molar-refractivity contribution in [1.82, 2.24) is 10.1 Å². The minimum absolute atomic E-state index is 0.445. The molecule has 1 aliphatic carbocycles. The minimum Gasteiger partial charge on any atom is -0.380 e. The van der Waals surface area contributed by atoms with Crippen molar-refractivity contribution in [2.24, 2.45) is 0 Å². The van der Waals surface area contributed by atoms with Gasteiger partial charge in [-0.1, -0.05) is 30.5 Å². The Morgan fingerprint density at radius 1 is 1.17 bits per heavy atom. The van der Waals surface area contributed by atoms with Crippen LogP contribution in [0.15, 0.2) is 28.9 Å². The molecule has 0 unspecified atom stereocenters. The second kappa shape index (κ2) is 4.80. The molecular weight excluding hydrogens is 226 g/mol. The normalized spacial score (nSPS) is 16.9. The van der Waals surface area contributed by atoms with E-state index in [1.54, 1.807) is 6.20 Å². The zero-order chi connectivity index (χ0) is 12.4. The van der Waals surface area contributed by atoms with Crippen LogP contribution in [0.2, 0.25) is 0 Å². The first-order chi connectivity index (χ1) is 8.86.